The number of hydrogen-bond donors (Lipinski definition) is 1. The lowest BCUT2D eigenvalue weighted by Crippen LogP contribution is -2.37. The zero-order chi connectivity index (χ0) is 18.8. The second-order valence-electron chi connectivity index (χ2n) is 8.02. The molecule has 2 fully saturated rings. The van der Waals surface area contributed by atoms with Crippen molar-refractivity contribution in [3.8, 4) is 0 Å². The van der Waals surface area contributed by atoms with E-state index in [1.807, 2.05) is 0 Å². The van der Waals surface area contributed by atoms with Gasteiger partial charge in [-0.25, -0.2) is 4.79 Å². The van der Waals surface area contributed by atoms with Crippen LogP contribution < -0.4 is 4.90 Å². The van der Waals surface area contributed by atoms with Gasteiger partial charge in [0.25, 0.3) is 0 Å². The molecule has 146 valence electrons. The normalized spacial score (nSPS) is 19.0. The van der Waals surface area contributed by atoms with Crippen LogP contribution in [0, 0.1) is 12.8 Å². The van der Waals surface area contributed by atoms with Crippen molar-refractivity contribution in [2.75, 3.05) is 31.1 Å². The Kier molecular flexibility index (Phi) is 5.23. The highest BCUT2D eigenvalue weighted by molar-refractivity contribution is 5.87. The summed E-state index contributed by atoms with van der Waals surface area (Å²) in [4.78, 5) is 15.0. The molecule has 0 spiro atoms. The Morgan fingerprint density at radius 3 is 2.63 bits per heavy atom. The number of aromatic nitrogens is 1. The first-order valence-electron chi connectivity index (χ1n) is 10.2. The van der Waals surface area contributed by atoms with E-state index in [0.717, 1.165) is 55.4 Å². The van der Waals surface area contributed by atoms with Gasteiger partial charge in [0.15, 0.2) is 5.58 Å². The molecule has 1 aromatic heterocycles. The minimum absolute atomic E-state index is 0.570. The number of fused-ring (bicyclic) bond motifs is 1. The summed E-state index contributed by atoms with van der Waals surface area (Å²) in [5.74, 6) is 0.570. The van der Waals surface area contributed by atoms with E-state index in [1.54, 1.807) is 0 Å². The van der Waals surface area contributed by atoms with Crippen LogP contribution in [0.1, 0.15) is 49.8 Å². The maximum atomic E-state index is 11.0. The van der Waals surface area contributed by atoms with Crippen molar-refractivity contribution in [2.24, 2.45) is 5.92 Å². The summed E-state index contributed by atoms with van der Waals surface area (Å²) in [5, 5.41) is 14.6. The van der Waals surface area contributed by atoms with Gasteiger partial charge in [-0.3, -0.25) is 0 Å². The average Bonchev–Trinajstić information content (AvgIpc) is 3.11. The first-order chi connectivity index (χ1) is 13.1. The molecule has 6 nitrogen and oxygen atoms in total. The van der Waals surface area contributed by atoms with Crippen molar-refractivity contribution in [3.05, 3.63) is 23.4 Å². The van der Waals surface area contributed by atoms with Crippen LogP contribution >= 0.6 is 0 Å². The molecule has 2 saturated heterocycles. The van der Waals surface area contributed by atoms with Gasteiger partial charge >= 0.3 is 6.09 Å². The lowest BCUT2D eigenvalue weighted by Gasteiger charge is -2.30. The number of aryl methyl sites for hydroxylation is 2. The minimum atomic E-state index is -0.795. The second-order valence-corrected chi connectivity index (χ2v) is 8.02. The minimum Gasteiger partial charge on any atom is -0.465 e. The molecular formula is C21H29N3O3. The zero-order valence-corrected chi connectivity index (χ0v) is 16.1. The Bertz CT molecular complexity index is 802. The fourth-order valence-corrected chi connectivity index (χ4v) is 4.59. The fourth-order valence-electron chi connectivity index (χ4n) is 4.59. The molecule has 1 N–H and O–H groups in total. The van der Waals surface area contributed by atoms with Crippen LogP contribution in [0.3, 0.4) is 0 Å². The predicted molar refractivity (Wildman–Crippen MR) is 105 cm³/mol. The van der Waals surface area contributed by atoms with Gasteiger partial charge in [-0.1, -0.05) is 5.16 Å². The third-order valence-corrected chi connectivity index (χ3v) is 6.31. The van der Waals surface area contributed by atoms with E-state index < -0.39 is 6.09 Å². The molecule has 0 radical (unpaired) electrons. The van der Waals surface area contributed by atoms with Crippen molar-refractivity contribution < 1.29 is 14.4 Å². The smallest absolute Gasteiger partial charge is 0.407 e. The Balaban J connectivity index is 1.43. The van der Waals surface area contributed by atoms with E-state index in [1.165, 1.54) is 35.4 Å². The predicted octanol–water partition coefficient (Wildman–Crippen LogP) is 4.45. The molecule has 0 unspecified atom stereocenters. The number of likely N-dealkylation sites (tertiary alicyclic amines) is 1. The third-order valence-electron chi connectivity index (χ3n) is 6.31. The van der Waals surface area contributed by atoms with Crippen molar-refractivity contribution in [2.45, 2.75) is 51.9 Å². The monoisotopic (exact) mass is 371 g/mol. The molecule has 1 aromatic carbocycles. The molecule has 1 amide bonds. The molecule has 2 aliphatic heterocycles. The highest BCUT2D eigenvalue weighted by atomic mass is 16.5. The standard InChI is InChI=1S/C21H29N3O3/c1-15-19(23-11-3-2-4-12-23)8-6-17-18(22-27-20(15)17)7-5-16-9-13-24(14-10-16)21(25)26/h6,8,16H,2-5,7,9-14H2,1H3,(H,25,26). The van der Waals surface area contributed by atoms with Crippen molar-refractivity contribution in [1.29, 1.82) is 0 Å². The lowest BCUT2D eigenvalue weighted by atomic mass is 9.91. The SMILES string of the molecule is Cc1c(N2CCCCC2)ccc2c(CCC3CCN(C(=O)O)CC3)noc12. The summed E-state index contributed by atoms with van der Waals surface area (Å²) >= 11 is 0. The van der Waals surface area contributed by atoms with E-state index >= 15 is 0 Å². The number of benzene rings is 1. The number of rotatable bonds is 4. The quantitative estimate of drug-likeness (QED) is 0.860. The molecular weight excluding hydrogens is 342 g/mol. The van der Waals surface area contributed by atoms with Crippen LogP contribution in [0.25, 0.3) is 11.0 Å². The van der Waals surface area contributed by atoms with E-state index in [9.17, 15) is 4.79 Å². The van der Waals surface area contributed by atoms with Gasteiger partial charge in [-0.15, -0.1) is 0 Å². The second kappa shape index (κ2) is 7.79. The van der Waals surface area contributed by atoms with Crippen LogP contribution in [-0.4, -0.2) is 47.4 Å². The van der Waals surface area contributed by atoms with Crippen LogP contribution in [0.4, 0.5) is 10.5 Å². The highest BCUT2D eigenvalue weighted by Gasteiger charge is 2.23. The van der Waals surface area contributed by atoms with E-state index in [-0.39, 0.29) is 0 Å². The molecule has 2 aliphatic rings. The van der Waals surface area contributed by atoms with Crippen molar-refractivity contribution >= 4 is 22.7 Å². The number of anilines is 1. The van der Waals surface area contributed by atoms with Crippen LogP contribution in [-0.2, 0) is 6.42 Å². The van der Waals surface area contributed by atoms with E-state index in [0.29, 0.717) is 19.0 Å². The maximum absolute atomic E-state index is 11.0. The molecule has 0 saturated carbocycles. The van der Waals surface area contributed by atoms with Gasteiger partial charge in [-0.2, -0.15) is 0 Å². The Hall–Kier alpha value is -2.24. The molecule has 27 heavy (non-hydrogen) atoms. The molecule has 3 heterocycles. The van der Waals surface area contributed by atoms with Crippen LogP contribution in [0.5, 0.6) is 0 Å². The van der Waals surface area contributed by atoms with Crippen LogP contribution in [0.15, 0.2) is 16.7 Å². The molecule has 0 atom stereocenters. The topological polar surface area (TPSA) is 69.8 Å². The Labute approximate surface area is 160 Å². The number of amides is 1. The summed E-state index contributed by atoms with van der Waals surface area (Å²) in [5.41, 5.74) is 4.45. The third kappa shape index (κ3) is 3.75. The van der Waals surface area contributed by atoms with Gasteiger partial charge < -0.3 is 19.4 Å². The van der Waals surface area contributed by atoms with Gasteiger partial charge in [-0.05, 0) is 69.9 Å². The summed E-state index contributed by atoms with van der Waals surface area (Å²) in [6, 6.07) is 4.40. The largest absolute Gasteiger partial charge is 0.465 e. The van der Waals surface area contributed by atoms with Crippen molar-refractivity contribution in [1.82, 2.24) is 10.1 Å². The van der Waals surface area contributed by atoms with Gasteiger partial charge in [0.1, 0.15) is 0 Å². The van der Waals surface area contributed by atoms with Gasteiger partial charge in [0.2, 0.25) is 0 Å². The number of nitrogens with zero attached hydrogens (tertiary/aromatic N) is 3. The number of carbonyl (C=O) groups is 1. The first kappa shape index (κ1) is 18.1. The number of hydrogen-bond acceptors (Lipinski definition) is 4. The summed E-state index contributed by atoms with van der Waals surface area (Å²) in [6.07, 6.45) is 6.89. The summed E-state index contributed by atoms with van der Waals surface area (Å²) in [7, 11) is 0. The van der Waals surface area contributed by atoms with E-state index in [4.69, 9.17) is 9.63 Å². The molecule has 6 heteroatoms. The molecule has 2 aromatic rings. The molecule has 0 aliphatic carbocycles. The molecule has 4 rings (SSSR count). The summed E-state index contributed by atoms with van der Waals surface area (Å²) < 4.78 is 5.74. The Morgan fingerprint density at radius 2 is 1.93 bits per heavy atom. The first-order valence-corrected chi connectivity index (χ1v) is 10.2. The maximum Gasteiger partial charge on any atom is 0.407 e. The van der Waals surface area contributed by atoms with Gasteiger partial charge in [0.05, 0.1) is 5.69 Å². The fraction of sp³-hybridized carbons (Fsp3) is 0.619. The number of piperidine rings is 2. The van der Waals surface area contributed by atoms with Crippen LogP contribution in [0.2, 0.25) is 0 Å². The highest BCUT2D eigenvalue weighted by Crippen LogP contribution is 2.33. The van der Waals surface area contributed by atoms with E-state index in [2.05, 4.69) is 29.1 Å². The van der Waals surface area contributed by atoms with Gasteiger partial charge in [0, 0.05) is 42.8 Å². The Morgan fingerprint density at radius 1 is 1.19 bits per heavy atom. The summed E-state index contributed by atoms with van der Waals surface area (Å²) in [6.45, 7) is 5.70. The van der Waals surface area contributed by atoms with Crippen molar-refractivity contribution in [3.63, 3.8) is 0 Å². The number of carboxylic acid groups (broad SMARTS) is 1. The zero-order valence-electron chi connectivity index (χ0n) is 16.1. The molecule has 0 bridgehead atoms. The average molecular weight is 371 g/mol. The lowest BCUT2D eigenvalue weighted by molar-refractivity contribution is 0.123.